The number of rotatable bonds is 0. The number of benzene rings is 4. The van der Waals surface area contributed by atoms with E-state index in [9.17, 15) is 19.2 Å². The Bertz CT molecular complexity index is 1120. The van der Waals surface area contributed by atoms with E-state index in [4.69, 9.17) is 0 Å². The van der Waals surface area contributed by atoms with Gasteiger partial charge in [-0.3, -0.25) is 19.2 Å². The van der Waals surface area contributed by atoms with Crippen LogP contribution >= 0.6 is 0 Å². The number of fused-ring (bicyclic) bond motifs is 4. The second-order valence-electron chi connectivity index (χ2n) is 7.33. The van der Waals surface area contributed by atoms with Crippen molar-refractivity contribution in [2.24, 2.45) is 0 Å². The zero-order chi connectivity index (χ0) is 22.2. The highest BCUT2D eigenvalue weighted by Crippen LogP contribution is 2.27. The summed E-state index contributed by atoms with van der Waals surface area (Å²) in [6.45, 7) is 0. The van der Waals surface area contributed by atoms with Crippen LogP contribution in [0.5, 0.6) is 0 Å². The van der Waals surface area contributed by atoms with Gasteiger partial charge in [0, 0.05) is 44.5 Å². The molecule has 0 heterocycles. The molecular formula is C28H14O4. The van der Waals surface area contributed by atoms with Crippen molar-refractivity contribution in [1.29, 1.82) is 0 Å². The smallest absolute Gasteiger partial charge is 0.195 e. The summed E-state index contributed by atoms with van der Waals surface area (Å²) in [7, 11) is 0. The molecule has 4 aromatic carbocycles. The topological polar surface area (TPSA) is 68.3 Å². The Morgan fingerprint density at radius 1 is 0.375 bits per heavy atom. The van der Waals surface area contributed by atoms with E-state index in [-0.39, 0.29) is 23.1 Å². The highest BCUT2D eigenvalue weighted by atomic mass is 16.1. The quantitative estimate of drug-likeness (QED) is 0.366. The first-order valence-corrected chi connectivity index (χ1v) is 9.96. The standard InChI is InChI=1S/2C14H7O2/c2*15-13-9-5-1-2-6-10(9)14(16)12-8-4-3-7-11(12)13/h2*1-7H. The molecule has 32 heavy (non-hydrogen) atoms. The largest absolute Gasteiger partial charge is 0.289 e. The SMILES string of the molecule is O=C1c2[c]cccc2C(=O)c2ccccc21.O=C1c2[c]cccc2C(=O)c2ccccc21. The number of carbonyl (C=O) groups excluding carboxylic acids is 4. The molecule has 0 N–H and O–H groups in total. The highest BCUT2D eigenvalue weighted by molar-refractivity contribution is 6.29. The predicted octanol–water partition coefficient (Wildman–Crippen LogP) is 4.52. The maximum Gasteiger partial charge on any atom is 0.195 e. The van der Waals surface area contributed by atoms with Gasteiger partial charge in [0.1, 0.15) is 0 Å². The van der Waals surface area contributed by atoms with E-state index in [1.54, 1.807) is 84.9 Å². The van der Waals surface area contributed by atoms with Crippen molar-refractivity contribution in [3.63, 3.8) is 0 Å². The Morgan fingerprint density at radius 3 is 1.06 bits per heavy atom. The van der Waals surface area contributed by atoms with Crippen molar-refractivity contribution in [3.8, 4) is 0 Å². The fourth-order valence-electron chi connectivity index (χ4n) is 3.95. The number of hydrogen-bond donors (Lipinski definition) is 0. The van der Waals surface area contributed by atoms with E-state index in [0.29, 0.717) is 44.5 Å². The average molecular weight is 414 g/mol. The molecule has 2 radical (unpaired) electrons. The highest BCUT2D eigenvalue weighted by Gasteiger charge is 2.29. The van der Waals surface area contributed by atoms with Gasteiger partial charge in [0.15, 0.2) is 23.1 Å². The summed E-state index contributed by atoms with van der Waals surface area (Å²) in [5.74, 6) is -0.430. The summed E-state index contributed by atoms with van der Waals surface area (Å²) < 4.78 is 0. The Balaban J connectivity index is 0.000000135. The zero-order valence-corrected chi connectivity index (χ0v) is 16.7. The maximum absolute atomic E-state index is 12.1. The maximum atomic E-state index is 12.1. The molecule has 0 atom stereocenters. The summed E-state index contributed by atoms with van der Waals surface area (Å²) >= 11 is 0. The van der Waals surface area contributed by atoms with Gasteiger partial charge in [-0.05, 0) is 12.1 Å². The molecule has 4 aromatic rings. The van der Waals surface area contributed by atoms with Crippen LogP contribution in [-0.2, 0) is 0 Å². The molecule has 0 saturated carbocycles. The first-order valence-electron chi connectivity index (χ1n) is 9.96. The molecule has 0 bridgehead atoms. The van der Waals surface area contributed by atoms with Gasteiger partial charge in [-0.1, -0.05) is 84.9 Å². The Morgan fingerprint density at radius 2 is 0.688 bits per heavy atom. The van der Waals surface area contributed by atoms with Gasteiger partial charge in [-0.15, -0.1) is 0 Å². The summed E-state index contributed by atoms with van der Waals surface area (Å²) in [5.41, 5.74) is 3.58. The molecule has 4 heteroatoms. The lowest BCUT2D eigenvalue weighted by Crippen LogP contribution is -2.20. The summed E-state index contributed by atoms with van der Waals surface area (Å²) in [5, 5.41) is 0. The molecule has 0 aliphatic heterocycles. The Kier molecular flexibility index (Phi) is 4.68. The second kappa shape index (κ2) is 7.67. The van der Waals surface area contributed by atoms with Crippen molar-refractivity contribution < 1.29 is 19.2 Å². The molecule has 0 fully saturated rings. The zero-order valence-electron chi connectivity index (χ0n) is 16.7. The number of hydrogen-bond acceptors (Lipinski definition) is 4. The minimum Gasteiger partial charge on any atom is -0.289 e. The van der Waals surface area contributed by atoms with Crippen molar-refractivity contribution >= 4 is 23.1 Å². The minimum atomic E-state index is -0.120. The normalized spacial score (nSPS) is 13.2. The summed E-state index contributed by atoms with van der Waals surface area (Å²) in [6, 6.07) is 29.5. The Labute approximate surface area is 184 Å². The molecule has 6 rings (SSSR count). The lowest BCUT2D eigenvalue weighted by Gasteiger charge is -2.16. The molecule has 0 amide bonds. The van der Waals surface area contributed by atoms with Gasteiger partial charge >= 0.3 is 0 Å². The van der Waals surface area contributed by atoms with E-state index in [1.807, 2.05) is 0 Å². The van der Waals surface area contributed by atoms with Crippen molar-refractivity contribution in [3.05, 3.63) is 142 Å². The van der Waals surface area contributed by atoms with Gasteiger partial charge in [0.25, 0.3) is 0 Å². The van der Waals surface area contributed by atoms with Crippen LogP contribution in [0.4, 0.5) is 0 Å². The number of ketones is 4. The van der Waals surface area contributed by atoms with Crippen LogP contribution in [0.2, 0.25) is 0 Å². The van der Waals surface area contributed by atoms with Gasteiger partial charge in [-0.2, -0.15) is 0 Å². The van der Waals surface area contributed by atoms with E-state index in [0.717, 1.165) is 0 Å². The molecule has 0 aromatic heterocycles. The molecular weight excluding hydrogens is 400 g/mol. The van der Waals surface area contributed by atoms with Crippen LogP contribution in [-0.4, -0.2) is 23.1 Å². The predicted molar refractivity (Wildman–Crippen MR) is 117 cm³/mol. The van der Waals surface area contributed by atoms with Crippen LogP contribution in [0.3, 0.4) is 0 Å². The second-order valence-corrected chi connectivity index (χ2v) is 7.33. The van der Waals surface area contributed by atoms with Crippen LogP contribution in [0.25, 0.3) is 0 Å². The van der Waals surface area contributed by atoms with Crippen LogP contribution < -0.4 is 0 Å². The lowest BCUT2D eigenvalue weighted by atomic mass is 9.84. The molecule has 2 aliphatic carbocycles. The Hall–Kier alpha value is -4.44. The van der Waals surface area contributed by atoms with Crippen LogP contribution in [0.15, 0.2) is 84.9 Å². The fourth-order valence-corrected chi connectivity index (χ4v) is 3.95. The lowest BCUT2D eigenvalue weighted by molar-refractivity contribution is 0.0979. The third-order valence-corrected chi connectivity index (χ3v) is 5.49. The first-order chi connectivity index (χ1) is 15.6. The molecule has 0 unspecified atom stereocenters. The van der Waals surface area contributed by atoms with E-state index >= 15 is 0 Å². The third-order valence-electron chi connectivity index (χ3n) is 5.49. The summed E-state index contributed by atoms with van der Waals surface area (Å²) in [4.78, 5) is 48.3. The van der Waals surface area contributed by atoms with E-state index in [2.05, 4.69) is 12.1 Å². The van der Waals surface area contributed by atoms with E-state index < -0.39 is 0 Å². The van der Waals surface area contributed by atoms with Crippen molar-refractivity contribution in [1.82, 2.24) is 0 Å². The molecule has 2 aliphatic rings. The summed E-state index contributed by atoms with van der Waals surface area (Å²) in [6.07, 6.45) is 0. The molecule has 4 nitrogen and oxygen atoms in total. The van der Waals surface area contributed by atoms with Gasteiger partial charge in [-0.25, -0.2) is 0 Å². The average Bonchev–Trinajstić information content (AvgIpc) is 2.86. The minimum absolute atomic E-state index is 0.0953. The fraction of sp³-hybridized carbons (Fsp3) is 0. The molecule has 0 spiro atoms. The van der Waals surface area contributed by atoms with E-state index in [1.165, 1.54) is 0 Å². The van der Waals surface area contributed by atoms with Crippen LogP contribution in [0, 0.1) is 12.1 Å². The van der Waals surface area contributed by atoms with Gasteiger partial charge in [0.05, 0.1) is 0 Å². The third kappa shape index (κ3) is 3.01. The number of carbonyl (C=O) groups is 4. The first kappa shape index (κ1) is 19.5. The van der Waals surface area contributed by atoms with Crippen molar-refractivity contribution in [2.75, 3.05) is 0 Å². The van der Waals surface area contributed by atoms with Gasteiger partial charge in [0.2, 0.25) is 0 Å². The monoisotopic (exact) mass is 414 g/mol. The van der Waals surface area contributed by atoms with Crippen molar-refractivity contribution in [2.45, 2.75) is 0 Å². The van der Waals surface area contributed by atoms with Gasteiger partial charge < -0.3 is 0 Å². The van der Waals surface area contributed by atoms with Crippen LogP contribution in [0.1, 0.15) is 63.7 Å². The molecule has 0 saturated heterocycles. The molecule has 150 valence electrons.